The first kappa shape index (κ1) is 20.6. The average molecular weight is 489 g/mol. The highest BCUT2D eigenvalue weighted by atomic mass is 79.9. The molecule has 4 bridgehead atoms. The molecule has 4 aliphatic carbocycles. The Hall–Kier alpha value is -1.34. The summed E-state index contributed by atoms with van der Waals surface area (Å²) in [7, 11) is 0. The Kier molecular flexibility index (Phi) is 5.69. The van der Waals surface area contributed by atoms with E-state index in [1.807, 2.05) is 24.3 Å². The van der Waals surface area contributed by atoms with Crippen LogP contribution in [-0.2, 0) is 17.8 Å². The van der Waals surface area contributed by atoms with Crippen LogP contribution >= 0.6 is 27.7 Å². The zero-order chi connectivity index (χ0) is 20.7. The van der Waals surface area contributed by atoms with Crippen LogP contribution in [0.1, 0.15) is 51.3 Å². The lowest BCUT2D eigenvalue weighted by Crippen LogP contribution is -2.47. The summed E-state index contributed by atoms with van der Waals surface area (Å²) in [5.74, 6) is 4.29. The van der Waals surface area contributed by atoms with E-state index in [4.69, 9.17) is 0 Å². The third kappa shape index (κ3) is 4.20. The van der Waals surface area contributed by atoms with E-state index in [1.54, 1.807) is 0 Å². The maximum absolute atomic E-state index is 12.4. The Morgan fingerprint density at radius 2 is 1.77 bits per heavy atom. The van der Waals surface area contributed by atoms with Crippen molar-refractivity contribution in [3.05, 3.63) is 34.6 Å². The minimum Gasteiger partial charge on any atom is -0.325 e. The van der Waals surface area contributed by atoms with Crippen molar-refractivity contribution in [2.45, 2.75) is 63.6 Å². The minimum absolute atomic E-state index is 0.0180. The van der Waals surface area contributed by atoms with Gasteiger partial charge in [0.05, 0.1) is 5.75 Å². The Morgan fingerprint density at radius 3 is 2.37 bits per heavy atom. The normalized spacial score (nSPS) is 29.3. The summed E-state index contributed by atoms with van der Waals surface area (Å²) >= 11 is 4.90. The molecule has 4 aliphatic rings. The topological polar surface area (TPSA) is 59.8 Å². The average Bonchev–Trinajstić information content (AvgIpc) is 3.08. The lowest BCUT2D eigenvalue weighted by Gasteiger charge is -2.56. The van der Waals surface area contributed by atoms with Crippen molar-refractivity contribution in [2.24, 2.45) is 23.2 Å². The fourth-order valence-corrected chi connectivity index (χ4v) is 7.66. The molecule has 7 heteroatoms. The Morgan fingerprint density at radius 1 is 1.13 bits per heavy atom. The number of aromatic nitrogens is 3. The van der Waals surface area contributed by atoms with Crippen molar-refractivity contribution in [2.75, 3.05) is 11.1 Å². The van der Waals surface area contributed by atoms with Gasteiger partial charge in [0.25, 0.3) is 0 Å². The third-order valence-electron chi connectivity index (χ3n) is 7.27. The van der Waals surface area contributed by atoms with Gasteiger partial charge in [0.2, 0.25) is 5.91 Å². The van der Waals surface area contributed by atoms with Crippen LogP contribution in [0, 0.1) is 23.2 Å². The standard InChI is InChI=1S/C23H29BrN4OS/c1-2-28-20(13-23-10-15-7-16(11-23)9-17(8-15)12-23)26-27-22(28)30-14-21(29)25-19-5-3-18(24)4-6-19/h3-6,15-17H,2,7-14H2,1H3,(H,25,29). The number of carbonyl (C=O) groups excluding carboxylic acids is 1. The molecule has 2 aromatic rings. The molecule has 0 atom stereocenters. The second-order valence-electron chi connectivity index (χ2n) is 9.58. The van der Waals surface area contributed by atoms with Gasteiger partial charge >= 0.3 is 0 Å². The summed E-state index contributed by atoms with van der Waals surface area (Å²) in [5.41, 5.74) is 1.26. The zero-order valence-corrected chi connectivity index (χ0v) is 19.8. The smallest absolute Gasteiger partial charge is 0.234 e. The molecule has 30 heavy (non-hydrogen) atoms. The molecule has 6 rings (SSSR count). The largest absolute Gasteiger partial charge is 0.325 e. The maximum atomic E-state index is 12.4. The van der Waals surface area contributed by atoms with E-state index in [0.717, 1.165) is 51.9 Å². The number of benzene rings is 1. The second kappa shape index (κ2) is 8.30. The van der Waals surface area contributed by atoms with Crippen LogP contribution in [0.3, 0.4) is 0 Å². The number of amides is 1. The number of hydrogen-bond acceptors (Lipinski definition) is 4. The summed E-state index contributed by atoms with van der Waals surface area (Å²) < 4.78 is 3.23. The van der Waals surface area contributed by atoms with Crippen LogP contribution in [0.2, 0.25) is 0 Å². The Bertz CT molecular complexity index is 891. The maximum Gasteiger partial charge on any atom is 0.234 e. The predicted molar refractivity (Wildman–Crippen MR) is 124 cm³/mol. The molecule has 160 valence electrons. The number of anilines is 1. The van der Waals surface area contributed by atoms with Crippen molar-refractivity contribution in [1.82, 2.24) is 14.8 Å². The van der Waals surface area contributed by atoms with Crippen molar-refractivity contribution in [1.29, 1.82) is 0 Å². The van der Waals surface area contributed by atoms with Gasteiger partial charge in [-0.15, -0.1) is 10.2 Å². The van der Waals surface area contributed by atoms with Crippen LogP contribution in [-0.4, -0.2) is 26.4 Å². The molecule has 1 amide bonds. The van der Waals surface area contributed by atoms with E-state index in [0.29, 0.717) is 11.2 Å². The van der Waals surface area contributed by atoms with Crippen LogP contribution in [0.15, 0.2) is 33.9 Å². The van der Waals surface area contributed by atoms with E-state index >= 15 is 0 Å². The minimum atomic E-state index is -0.0180. The summed E-state index contributed by atoms with van der Waals surface area (Å²) in [6.45, 7) is 3.00. The molecule has 1 heterocycles. The van der Waals surface area contributed by atoms with Gasteiger partial charge in [-0.2, -0.15) is 0 Å². The van der Waals surface area contributed by atoms with Crippen molar-refractivity contribution < 1.29 is 4.79 Å². The van der Waals surface area contributed by atoms with Crippen molar-refractivity contribution in [3.8, 4) is 0 Å². The number of carbonyl (C=O) groups is 1. The highest BCUT2D eigenvalue weighted by Crippen LogP contribution is 2.61. The summed E-state index contributed by atoms with van der Waals surface area (Å²) in [5, 5.41) is 12.9. The molecule has 1 aromatic heterocycles. The SMILES string of the molecule is CCn1c(CC23CC4CC(CC(C4)C2)C3)nnc1SCC(=O)Nc1ccc(Br)cc1. The second-order valence-corrected chi connectivity index (χ2v) is 11.4. The van der Waals surface area contributed by atoms with Gasteiger partial charge in [-0.3, -0.25) is 4.79 Å². The van der Waals surface area contributed by atoms with Crippen molar-refractivity contribution in [3.63, 3.8) is 0 Å². The molecule has 0 saturated heterocycles. The molecule has 0 radical (unpaired) electrons. The van der Waals surface area contributed by atoms with E-state index in [-0.39, 0.29) is 5.91 Å². The summed E-state index contributed by atoms with van der Waals surface area (Å²) in [6, 6.07) is 7.63. The van der Waals surface area contributed by atoms with Gasteiger partial charge in [0, 0.05) is 23.1 Å². The molecule has 0 spiro atoms. The van der Waals surface area contributed by atoms with Crippen LogP contribution in [0.25, 0.3) is 0 Å². The highest BCUT2D eigenvalue weighted by molar-refractivity contribution is 9.10. The number of nitrogens with one attached hydrogen (secondary N) is 1. The number of nitrogens with zero attached hydrogens (tertiary/aromatic N) is 3. The quantitative estimate of drug-likeness (QED) is 0.518. The lowest BCUT2D eigenvalue weighted by molar-refractivity contribution is -0.113. The molecule has 1 aromatic carbocycles. The molecule has 1 N–H and O–H groups in total. The molecular weight excluding hydrogens is 460 g/mol. The molecular formula is C23H29BrN4OS. The van der Waals surface area contributed by atoms with Gasteiger partial charge in [-0.05, 0) is 92.9 Å². The fraction of sp³-hybridized carbons (Fsp3) is 0.609. The van der Waals surface area contributed by atoms with Crippen LogP contribution in [0.5, 0.6) is 0 Å². The third-order valence-corrected chi connectivity index (χ3v) is 8.76. The van der Waals surface area contributed by atoms with Gasteiger partial charge < -0.3 is 9.88 Å². The summed E-state index contributed by atoms with van der Waals surface area (Å²) in [6.07, 6.45) is 9.61. The monoisotopic (exact) mass is 488 g/mol. The van der Waals surface area contributed by atoms with Gasteiger partial charge in [-0.25, -0.2) is 0 Å². The van der Waals surface area contributed by atoms with Crippen molar-refractivity contribution >= 4 is 39.3 Å². The van der Waals surface area contributed by atoms with E-state index in [9.17, 15) is 4.79 Å². The Labute approximate surface area is 190 Å². The summed E-state index contributed by atoms with van der Waals surface area (Å²) in [4.78, 5) is 12.4. The van der Waals surface area contributed by atoms with Gasteiger partial charge in [0.1, 0.15) is 5.82 Å². The molecule has 4 fully saturated rings. The van der Waals surface area contributed by atoms with Gasteiger partial charge in [-0.1, -0.05) is 27.7 Å². The van der Waals surface area contributed by atoms with E-state index < -0.39 is 0 Å². The molecule has 4 saturated carbocycles. The first-order valence-corrected chi connectivity index (χ1v) is 12.9. The van der Waals surface area contributed by atoms with E-state index in [2.05, 4.69) is 42.9 Å². The van der Waals surface area contributed by atoms with Gasteiger partial charge in [0.15, 0.2) is 5.16 Å². The van der Waals surface area contributed by atoms with Crippen LogP contribution in [0.4, 0.5) is 5.69 Å². The zero-order valence-electron chi connectivity index (χ0n) is 17.4. The first-order valence-electron chi connectivity index (χ1n) is 11.1. The number of rotatable bonds is 7. The predicted octanol–water partition coefficient (Wildman–Crippen LogP) is 5.55. The fourth-order valence-electron chi connectivity index (χ4n) is 6.58. The number of halogens is 1. The highest BCUT2D eigenvalue weighted by Gasteiger charge is 2.51. The molecule has 0 unspecified atom stereocenters. The molecule has 5 nitrogen and oxygen atoms in total. The number of hydrogen-bond donors (Lipinski definition) is 1. The number of thioether (sulfide) groups is 1. The molecule has 0 aliphatic heterocycles. The first-order chi connectivity index (χ1) is 14.5. The lowest BCUT2D eigenvalue weighted by atomic mass is 9.49. The Balaban J connectivity index is 1.23. The van der Waals surface area contributed by atoms with Crippen LogP contribution < -0.4 is 5.32 Å². The van der Waals surface area contributed by atoms with E-state index in [1.165, 1.54) is 50.3 Å².